The summed E-state index contributed by atoms with van der Waals surface area (Å²) in [5, 5.41) is 0.657. The normalized spacial score (nSPS) is 14.2. The summed E-state index contributed by atoms with van der Waals surface area (Å²) < 4.78 is 14.1. The van der Waals surface area contributed by atoms with Crippen molar-refractivity contribution in [3.8, 4) is 0 Å². The zero-order chi connectivity index (χ0) is 18.1. The van der Waals surface area contributed by atoms with Gasteiger partial charge in [0.15, 0.2) is 7.14 Å². The SMILES string of the molecule is Cc1ccc(CBr)c(C)c1C(=O)P(=O)(c1ccccc1)C(C)(C)C. The Morgan fingerprint density at radius 3 is 2.12 bits per heavy atom. The highest BCUT2D eigenvalue weighted by Gasteiger charge is 2.46. The van der Waals surface area contributed by atoms with Gasteiger partial charge in [0.05, 0.1) is 0 Å². The van der Waals surface area contributed by atoms with Gasteiger partial charge in [0.1, 0.15) is 0 Å². The second-order valence-electron chi connectivity index (χ2n) is 7.10. The van der Waals surface area contributed by atoms with Gasteiger partial charge < -0.3 is 4.57 Å². The first-order valence-electron chi connectivity index (χ1n) is 8.00. The molecule has 0 aromatic heterocycles. The molecule has 0 fully saturated rings. The summed E-state index contributed by atoms with van der Waals surface area (Å²) in [7, 11) is -3.31. The summed E-state index contributed by atoms with van der Waals surface area (Å²) in [5.41, 5.74) is 3.21. The Labute approximate surface area is 153 Å². The highest BCUT2D eigenvalue weighted by atomic mass is 79.9. The number of hydrogen-bond donors (Lipinski definition) is 0. The predicted molar refractivity (Wildman–Crippen MR) is 106 cm³/mol. The van der Waals surface area contributed by atoms with Crippen LogP contribution in [0.4, 0.5) is 0 Å². The average Bonchev–Trinajstić information content (AvgIpc) is 2.54. The van der Waals surface area contributed by atoms with E-state index in [-0.39, 0.29) is 5.52 Å². The molecule has 24 heavy (non-hydrogen) atoms. The number of rotatable bonds is 4. The molecule has 1 atom stereocenters. The Morgan fingerprint density at radius 2 is 1.62 bits per heavy atom. The van der Waals surface area contributed by atoms with E-state index in [0.29, 0.717) is 16.2 Å². The summed E-state index contributed by atoms with van der Waals surface area (Å²) in [6, 6.07) is 13.1. The standard InChI is InChI=1S/C20H24BrO2P/c1-14-11-12-16(13-21)15(2)18(14)19(22)24(23,20(3,4)5)17-9-7-6-8-10-17/h6-12H,13H2,1-5H3. The third-order valence-electron chi connectivity index (χ3n) is 4.49. The third-order valence-corrected chi connectivity index (χ3v) is 8.81. The fourth-order valence-electron chi connectivity index (χ4n) is 2.97. The summed E-state index contributed by atoms with van der Waals surface area (Å²) in [6.07, 6.45) is 0. The predicted octanol–water partition coefficient (Wildman–Crippen LogP) is 5.83. The molecule has 0 radical (unpaired) electrons. The van der Waals surface area contributed by atoms with Crippen LogP contribution < -0.4 is 5.30 Å². The van der Waals surface area contributed by atoms with Crippen molar-refractivity contribution >= 4 is 33.9 Å². The maximum absolute atomic E-state index is 14.1. The Hall–Kier alpha value is -1.18. The molecule has 2 nitrogen and oxygen atoms in total. The Kier molecular flexibility index (Phi) is 5.57. The van der Waals surface area contributed by atoms with Crippen molar-refractivity contribution in [3.63, 3.8) is 0 Å². The monoisotopic (exact) mass is 406 g/mol. The molecule has 0 aliphatic carbocycles. The first kappa shape index (κ1) is 19.1. The second kappa shape index (κ2) is 6.98. The number of halogens is 1. The summed E-state index contributed by atoms with van der Waals surface area (Å²) in [4.78, 5) is 13.5. The van der Waals surface area contributed by atoms with Crippen molar-refractivity contribution in [1.82, 2.24) is 0 Å². The largest absolute Gasteiger partial charge is 0.310 e. The van der Waals surface area contributed by atoms with Crippen LogP contribution in [0.5, 0.6) is 0 Å². The van der Waals surface area contributed by atoms with Gasteiger partial charge in [-0.1, -0.05) is 79.2 Å². The van der Waals surface area contributed by atoms with E-state index in [1.807, 2.05) is 77.1 Å². The molecule has 1 unspecified atom stereocenters. The van der Waals surface area contributed by atoms with Crippen LogP contribution in [-0.4, -0.2) is 10.7 Å². The molecule has 2 aromatic carbocycles. The van der Waals surface area contributed by atoms with Gasteiger partial charge >= 0.3 is 0 Å². The Morgan fingerprint density at radius 1 is 1.04 bits per heavy atom. The van der Waals surface area contributed by atoms with Crippen molar-refractivity contribution in [1.29, 1.82) is 0 Å². The molecule has 0 N–H and O–H groups in total. The first-order chi connectivity index (χ1) is 11.1. The van der Waals surface area contributed by atoms with Crippen molar-refractivity contribution in [3.05, 3.63) is 64.7 Å². The molecule has 2 rings (SSSR count). The summed E-state index contributed by atoms with van der Waals surface area (Å²) in [5.74, 6) is 0. The summed E-state index contributed by atoms with van der Waals surface area (Å²) in [6.45, 7) is 9.51. The molecule has 0 aliphatic rings. The maximum atomic E-state index is 14.1. The summed E-state index contributed by atoms with van der Waals surface area (Å²) >= 11 is 3.47. The number of hydrogen-bond acceptors (Lipinski definition) is 2. The maximum Gasteiger partial charge on any atom is 0.226 e. The lowest BCUT2D eigenvalue weighted by Gasteiger charge is -2.31. The van der Waals surface area contributed by atoms with E-state index in [0.717, 1.165) is 16.7 Å². The first-order valence-corrected chi connectivity index (χ1v) is 10.8. The second-order valence-corrected chi connectivity index (χ2v) is 11.1. The van der Waals surface area contributed by atoms with Crippen LogP contribution in [0.1, 0.15) is 47.8 Å². The van der Waals surface area contributed by atoms with Crippen LogP contribution in [0, 0.1) is 13.8 Å². The molecule has 0 spiro atoms. The molecule has 0 aliphatic heterocycles. The van der Waals surface area contributed by atoms with Crippen molar-refractivity contribution in [2.24, 2.45) is 0 Å². The number of aryl methyl sites for hydroxylation is 1. The van der Waals surface area contributed by atoms with Crippen LogP contribution in [0.25, 0.3) is 0 Å². The average molecular weight is 407 g/mol. The van der Waals surface area contributed by atoms with E-state index in [4.69, 9.17) is 0 Å². The Bertz CT molecular complexity index is 804. The highest BCUT2D eigenvalue weighted by molar-refractivity contribution is 9.08. The van der Waals surface area contributed by atoms with Gasteiger partial charge in [-0.25, -0.2) is 0 Å². The van der Waals surface area contributed by atoms with Gasteiger partial charge in [-0.3, -0.25) is 4.79 Å². The molecule has 2 aromatic rings. The van der Waals surface area contributed by atoms with Gasteiger partial charge in [0.2, 0.25) is 5.52 Å². The molecule has 4 heteroatoms. The smallest absolute Gasteiger partial charge is 0.226 e. The van der Waals surface area contributed by atoms with Crippen LogP contribution in [0.15, 0.2) is 42.5 Å². The number of carbonyl (C=O) groups is 1. The van der Waals surface area contributed by atoms with E-state index in [1.165, 1.54) is 0 Å². The minimum absolute atomic E-state index is 0.237. The van der Waals surface area contributed by atoms with Crippen molar-refractivity contribution in [2.45, 2.75) is 45.1 Å². The lowest BCUT2D eigenvalue weighted by atomic mass is 9.99. The molecular formula is C20H24BrO2P. The van der Waals surface area contributed by atoms with Gasteiger partial charge in [-0.15, -0.1) is 0 Å². The molecule has 0 amide bonds. The molecule has 0 saturated carbocycles. The topological polar surface area (TPSA) is 34.1 Å². The molecule has 0 bridgehead atoms. The van der Waals surface area contributed by atoms with Crippen LogP contribution in [0.2, 0.25) is 0 Å². The quantitative estimate of drug-likeness (QED) is 0.472. The number of alkyl halides is 1. The van der Waals surface area contributed by atoms with E-state index in [9.17, 15) is 9.36 Å². The fourth-order valence-corrected chi connectivity index (χ4v) is 6.45. The number of carbonyl (C=O) groups excluding carboxylic acids is 1. The van der Waals surface area contributed by atoms with Crippen LogP contribution >= 0.6 is 23.1 Å². The molecule has 128 valence electrons. The van der Waals surface area contributed by atoms with Crippen LogP contribution in [0.3, 0.4) is 0 Å². The zero-order valence-corrected chi connectivity index (χ0v) is 17.4. The van der Waals surface area contributed by atoms with Gasteiger partial charge in [-0.2, -0.15) is 0 Å². The van der Waals surface area contributed by atoms with Gasteiger partial charge in [-0.05, 0) is 30.5 Å². The lowest BCUT2D eigenvalue weighted by Crippen LogP contribution is -2.29. The van der Waals surface area contributed by atoms with E-state index in [1.54, 1.807) is 0 Å². The molecule has 0 saturated heterocycles. The van der Waals surface area contributed by atoms with Crippen molar-refractivity contribution in [2.75, 3.05) is 0 Å². The van der Waals surface area contributed by atoms with E-state index >= 15 is 0 Å². The zero-order valence-electron chi connectivity index (χ0n) is 14.9. The highest BCUT2D eigenvalue weighted by Crippen LogP contribution is 2.59. The Balaban J connectivity index is 2.75. The minimum Gasteiger partial charge on any atom is -0.310 e. The minimum atomic E-state index is -3.31. The molecule has 0 heterocycles. The third kappa shape index (κ3) is 3.17. The van der Waals surface area contributed by atoms with Gasteiger partial charge in [0.25, 0.3) is 0 Å². The fraction of sp³-hybridized carbons (Fsp3) is 0.350. The van der Waals surface area contributed by atoms with E-state index < -0.39 is 12.3 Å². The van der Waals surface area contributed by atoms with E-state index in [2.05, 4.69) is 15.9 Å². The van der Waals surface area contributed by atoms with Crippen molar-refractivity contribution < 1.29 is 9.36 Å². The molecular weight excluding hydrogens is 383 g/mol. The lowest BCUT2D eigenvalue weighted by molar-refractivity contribution is 0.107. The van der Waals surface area contributed by atoms with Crippen LogP contribution in [-0.2, 0) is 9.90 Å². The number of benzene rings is 2. The van der Waals surface area contributed by atoms with Gasteiger partial charge in [0, 0.05) is 21.4 Å².